The van der Waals surface area contributed by atoms with E-state index in [1.54, 1.807) is 0 Å². The minimum absolute atomic E-state index is 0.0453. The van der Waals surface area contributed by atoms with Crippen molar-refractivity contribution >= 4 is 29.3 Å². The second-order valence-corrected chi connectivity index (χ2v) is 9.81. The summed E-state index contributed by atoms with van der Waals surface area (Å²) in [7, 11) is 0. The second kappa shape index (κ2) is 15.5. The van der Waals surface area contributed by atoms with Crippen LogP contribution in [0.4, 0.5) is 0 Å². The molecule has 0 fully saturated rings. The molecule has 2 aromatic carbocycles. The highest BCUT2D eigenvalue weighted by atomic mass is 32.2. The Balaban J connectivity index is 1.78. The van der Waals surface area contributed by atoms with Crippen LogP contribution < -0.4 is 11.5 Å². The average molecular weight is 445 g/mol. The number of rotatable bonds is 16. The van der Waals surface area contributed by atoms with Crippen LogP contribution in [0, 0.1) is 5.92 Å². The Morgan fingerprint density at radius 1 is 0.800 bits per heavy atom. The number of carbonyl (C=O) groups is 1. The first-order valence-corrected chi connectivity index (χ1v) is 13.2. The van der Waals surface area contributed by atoms with Crippen LogP contribution in [0.2, 0.25) is 0 Å². The van der Waals surface area contributed by atoms with E-state index in [9.17, 15) is 4.79 Å². The number of carbonyl (C=O) groups excluding carboxylic acids is 1. The third-order valence-electron chi connectivity index (χ3n) is 5.12. The molecule has 2 rings (SSSR count). The molecular weight excluding hydrogens is 408 g/mol. The van der Waals surface area contributed by atoms with Crippen molar-refractivity contribution in [2.24, 2.45) is 17.4 Å². The quantitative estimate of drug-likeness (QED) is 0.345. The lowest BCUT2D eigenvalue weighted by Gasteiger charge is -2.20. The summed E-state index contributed by atoms with van der Waals surface area (Å²) < 4.78 is 0. The molecule has 2 atom stereocenters. The Morgan fingerprint density at radius 2 is 1.40 bits per heavy atom. The minimum atomic E-state index is -0.351. The fourth-order valence-corrected chi connectivity index (χ4v) is 5.46. The zero-order valence-electron chi connectivity index (χ0n) is 17.9. The average Bonchev–Trinajstić information content (AvgIpc) is 2.78. The number of benzene rings is 2. The van der Waals surface area contributed by atoms with E-state index in [1.165, 1.54) is 11.1 Å². The summed E-state index contributed by atoms with van der Waals surface area (Å²) in [5.74, 6) is 4.17. The normalized spacial score (nSPS) is 13.1. The summed E-state index contributed by atoms with van der Waals surface area (Å²) in [5, 5.41) is 0. The molecule has 0 bridgehead atoms. The summed E-state index contributed by atoms with van der Waals surface area (Å²) in [4.78, 5) is 13.0. The molecule has 0 heterocycles. The Kier molecular flexibility index (Phi) is 12.9. The summed E-state index contributed by atoms with van der Waals surface area (Å²) in [6.07, 6.45) is 4.59. The summed E-state index contributed by atoms with van der Waals surface area (Å²) >= 11 is 3.79. The van der Waals surface area contributed by atoms with Crippen LogP contribution in [0.3, 0.4) is 0 Å². The van der Waals surface area contributed by atoms with Crippen molar-refractivity contribution in [3.05, 3.63) is 71.8 Å². The molecule has 2 aromatic rings. The molecule has 2 unspecified atom stereocenters. The molecular formula is C25H36N2OS2. The molecule has 0 saturated carbocycles. The number of hydrogen-bond donors (Lipinski definition) is 2. The fourth-order valence-electron chi connectivity index (χ4n) is 3.35. The minimum Gasteiger partial charge on any atom is -0.330 e. The molecule has 0 aliphatic heterocycles. The SMILES string of the molecule is NCCCCC(N)C(=O)C(CCCSCc1ccccc1)CSCc1ccccc1. The first-order chi connectivity index (χ1) is 14.7. The van der Waals surface area contributed by atoms with Gasteiger partial charge < -0.3 is 11.5 Å². The van der Waals surface area contributed by atoms with Gasteiger partial charge in [-0.3, -0.25) is 4.79 Å². The van der Waals surface area contributed by atoms with E-state index in [2.05, 4.69) is 48.5 Å². The van der Waals surface area contributed by atoms with Gasteiger partial charge in [0.25, 0.3) is 0 Å². The first-order valence-electron chi connectivity index (χ1n) is 10.9. The fraction of sp³-hybridized carbons (Fsp3) is 0.480. The molecule has 0 amide bonds. The van der Waals surface area contributed by atoms with E-state index >= 15 is 0 Å². The molecule has 30 heavy (non-hydrogen) atoms. The van der Waals surface area contributed by atoms with Crippen molar-refractivity contribution in [2.45, 2.75) is 49.7 Å². The van der Waals surface area contributed by atoms with Crippen molar-refractivity contribution in [1.82, 2.24) is 0 Å². The third kappa shape index (κ3) is 10.2. The van der Waals surface area contributed by atoms with Gasteiger partial charge in [-0.1, -0.05) is 67.1 Å². The predicted molar refractivity (Wildman–Crippen MR) is 134 cm³/mol. The monoisotopic (exact) mass is 444 g/mol. The van der Waals surface area contributed by atoms with Crippen molar-refractivity contribution in [3.8, 4) is 0 Å². The summed E-state index contributed by atoms with van der Waals surface area (Å²) in [5.41, 5.74) is 14.5. The van der Waals surface area contributed by atoms with Gasteiger partial charge in [0.15, 0.2) is 5.78 Å². The van der Waals surface area contributed by atoms with Crippen LogP contribution >= 0.6 is 23.5 Å². The van der Waals surface area contributed by atoms with Crippen molar-refractivity contribution in [1.29, 1.82) is 0 Å². The number of Topliss-reactive ketones (excluding diaryl/α,β-unsaturated/α-hetero) is 1. The van der Waals surface area contributed by atoms with E-state index in [1.807, 2.05) is 35.7 Å². The van der Waals surface area contributed by atoms with Crippen molar-refractivity contribution in [3.63, 3.8) is 0 Å². The summed E-state index contributed by atoms with van der Waals surface area (Å²) in [6.45, 7) is 0.663. The maximum Gasteiger partial charge on any atom is 0.153 e. The van der Waals surface area contributed by atoms with Gasteiger partial charge in [0.05, 0.1) is 6.04 Å². The van der Waals surface area contributed by atoms with Gasteiger partial charge >= 0.3 is 0 Å². The van der Waals surface area contributed by atoms with Crippen LogP contribution in [0.15, 0.2) is 60.7 Å². The highest BCUT2D eigenvalue weighted by Gasteiger charge is 2.23. The van der Waals surface area contributed by atoms with Crippen LogP contribution in [0.5, 0.6) is 0 Å². The van der Waals surface area contributed by atoms with Gasteiger partial charge in [0.2, 0.25) is 0 Å². The van der Waals surface area contributed by atoms with E-state index in [0.717, 1.165) is 55.1 Å². The largest absolute Gasteiger partial charge is 0.330 e. The molecule has 0 aliphatic rings. The molecule has 5 heteroatoms. The lowest BCUT2D eigenvalue weighted by atomic mass is 9.93. The Morgan fingerprint density at radius 3 is 2.00 bits per heavy atom. The lowest BCUT2D eigenvalue weighted by Crippen LogP contribution is -2.36. The van der Waals surface area contributed by atoms with Gasteiger partial charge in [0.1, 0.15) is 0 Å². The van der Waals surface area contributed by atoms with Gasteiger partial charge in [-0.05, 0) is 49.1 Å². The number of thioether (sulfide) groups is 2. The van der Waals surface area contributed by atoms with E-state index in [0.29, 0.717) is 6.54 Å². The van der Waals surface area contributed by atoms with Gasteiger partial charge in [-0.15, -0.1) is 0 Å². The van der Waals surface area contributed by atoms with E-state index in [4.69, 9.17) is 11.5 Å². The van der Waals surface area contributed by atoms with E-state index in [-0.39, 0.29) is 17.7 Å². The molecule has 0 aliphatic carbocycles. The molecule has 164 valence electrons. The Bertz CT molecular complexity index is 697. The van der Waals surface area contributed by atoms with E-state index < -0.39 is 0 Å². The molecule has 0 radical (unpaired) electrons. The third-order valence-corrected chi connectivity index (χ3v) is 7.41. The zero-order chi connectivity index (χ0) is 21.4. The van der Waals surface area contributed by atoms with Crippen LogP contribution in [-0.4, -0.2) is 29.9 Å². The molecule has 0 saturated heterocycles. The predicted octanol–water partition coefficient (Wildman–Crippen LogP) is 5.28. The van der Waals surface area contributed by atoms with Crippen LogP contribution in [0.25, 0.3) is 0 Å². The molecule has 3 nitrogen and oxygen atoms in total. The standard InChI is InChI=1S/C25H36N2OS2/c26-16-8-7-15-24(27)25(28)23(20-30-19-22-12-5-2-6-13-22)14-9-17-29-18-21-10-3-1-4-11-21/h1-6,10-13,23-24H,7-9,14-20,26-27H2. The van der Waals surface area contributed by atoms with Gasteiger partial charge in [-0.2, -0.15) is 23.5 Å². The van der Waals surface area contributed by atoms with Gasteiger partial charge in [-0.25, -0.2) is 0 Å². The molecule has 0 spiro atoms. The molecule has 4 N–H and O–H groups in total. The maximum atomic E-state index is 13.0. The lowest BCUT2D eigenvalue weighted by molar-refractivity contribution is -0.123. The highest BCUT2D eigenvalue weighted by molar-refractivity contribution is 7.98. The second-order valence-electron chi connectivity index (χ2n) is 7.67. The van der Waals surface area contributed by atoms with Crippen LogP contribution in [-0.2, 0) is 16.3 Å². The number of hydrogen-bond acceptors (Lipinski definition) is 5. The zero-order valence-corrected chi connectivity index (χ0v) is 19.5. The topological polar surface area (TPSA) is 69.1 Å². The number of nitrogens with two attached hydrogens (primary N) is 2. The van der Waals surface area contributed by atoms with Gasteiger partial charge in [0, 0.05) is 23.2 Å². The highest BCUT2D eigenvalue weighted by Crippen LogP contribution is 2.23. The summed E-state index contributed by atoms with van der Waals surface area (Å²) in [6, 6.07) is 20.6. The smallest absolute Gasteiger partial charge is 0.153 e. The maximum absolute atomic E-state index is 13.0. The molecule has 0 aromatic heterocycles. The van der Waals surface area contributed by atoms with Crippen molar-refractivity contribution in [2.75, 3.05) is 18.1 Å². The van der Waals surface area contributed by atoms with Crippen molar-refractivity contribution < 1.29 is 4.79 Å². The Hall–Kier alpha value is -1.27. The number of unbranched alkanes of at least 4 members (excludes halogenated alkanes) is 1. The van der Waals surface area contributed by atoms with Crippen LogP contribution in [0.1, 0.15) is 43.2 Å². The first kappa shape index (κ1) is 25.0. The number of ketones is 1. The Labute approximate surface area is 190 Å².